The highest BCUT2D eigenvalue weighted by molar-refractivity contribution is 6.19. The minimum atomic E-state index is 0.905. The molecule has 0 N–H and O–H groups in total. The zero-order chi connectivity index (χ0) is 33.0. The summed E-state index contributed by atoms with van der Waals surface area (Å²) >= 11 is 0. The van der Waals surface area contributed by atoms with E-state index in [1.165, 1.54) is 43.8 Å². The van der Waals surface area contributed by atoms with E-state index in [1.807, 2.05) is 6.07 Å². The van der Waals surface area contributed by atoms with Gasteiger partial charge in [-0.25, -0.2) is 0 Å². The zero-order valence-corrected chi connectivity index (χ0v) is 27.3. The SMILES string of the molecule is c1ccc(-c2ccc(N(c3ccc(-c4ccccc4)c4ccccc34)c3cccc4c3ccc3c5ccccc5oc43)c3ccccc23)cc1. The van der Waals surface area contributed by atoms with Gasteiger partial charge in [0.25, 0.3) is 0 Å². The molecule has 0 aliphatic heterocycles. The maximum Gasteiger partial charge on any atom is 0.143 e. The molecule has 0 saturated carbocycles. The highest BCUT2D eigenvalue weighted by Crippen LogP contribution is 2.48. The van der Waals surface area contributed by atoms with Crippen molar-refractivity contribution in [1.29, 1.82) is 0 Å². The number of benzene rings is 9. The number of rotatable bonds is 5. The van der Waals surface area contributed by atoms with Gasteiger partial charge in [-0.05, 0) is 63.4 Å². The van der Waals surface area contributed by atoms with E-state index in [0.29, 0.717) is 0 Å². The minimum Gasteiger partial charge on any atom is -0.455 e. The molecule has 0 bridgehead atoms. The summed E-state index contributed by atoms with van der Waals surface area (Å²) in [6.45, 7) is 0. The number of hydrogen-bond acceptors (Lipinski definition) is 2. The van der Waals surface area contributed by atoms with Crippen LogP contribution in [0.5, 0.6) is 0 Å². The fourth-order valence-corrected chi connectivity index (χ4v) is 7.80. The van der Waals surface area contributed by atoms with Crippen molar-refractivity contribution in [3.63, 3.8) is 0 Å². The van der Waals surface area contributed by atoms with Crippen LogP contribution in [0.15, 0.2) is 192 Å². The van der Waals surface area contributed by atoms with Crippen LogP contribution in [0.1, 0.15) is 0 Å². The van der Waals surface area contributed by atoms with Gasteiger partial charge in [0.15, 0.2) is 0 Å². The Morgan fingerprint density at radius 1 is 0.280 bits per heavy atom. The minimum absolute atomic E-state index is 0.905. The lowest BCUT2D eigenvalue weighted by molar-refractivity contribution is 0.672. The van der Waals surface area contributed by atoms with E-state index in [0.717, 1.165) is 49.8 Å². The van der Waals surface area contributed by atoms with E-state index < -0.39 is 0 Å². The predicted molar refractivity (Wildman–Crippen MR) is 212 cm³/mol. The van der Waals surface area contributed by atoms with E-state index in [-0.39, 0.29) is 0 Å². The Balaban J connectivity index is 1.30. The van der Waals surface area contributed by atoms with Crippen LogP contribution in [0.25, 0.3) is 76.5 Å². The van der Waals surface area contributed by atoms with Crippen molar-refractivity contribution in [1.82, 2.24) is 0 Å². The topological polar surface area (TPSA) is 16.4 Å². The molecule has 0 atom stereocenters. The number of hydrogen-bond donors (Lipinski definition) is 0. The Hall–Kier alpha value is -6.64. The number of fused-ring (bicyclic) bond motifs is 7. The van der Waals surface area contributed by atoms with Crippen LogP contribution in [0, 0.1) is 0 Å². The number of furan rings is 1. The average Bonchev–Trinajstić information content (AvgIpc) is 3.58. The molecular weight excluding hydrogens is 607 g/mol. The molecule has 0 fully saturated rings. The quantitative estimate of drug-likeness (QED) is 0.187. The van der Waals surface area contributed by atoms with Crippen LogP contribution >= 0.6 is 0 Å². The normalized spacial score (nSPS) is 11.6. The van der Waals surface area contributed by atoms with Gasteiger partial charge >= 0.3 is 0 Å². The highest BCUT2D eigenvalue weighted by Gasteiger charge is 2.23. The van der Waals surface area contributed by atoms with Crippen LogP contribution in [0.3, 0.4) is 0 Å². The van der Waals surface area contributed by atoms with Crippen molar-refractivity contribution in [2.24, 2.45) is 0 Å². The first-order chi connectivity index (χ1) is 24.8. The lowest BCUT2D eigenvalue weighted by Crippen LogP contribution is -2.12. The van der Waals surface area contributed by atoms with Crippen molar-refractivity contribution in [2.45, 2.75) is 0 Å². The van der Waals surface area contributed by atoms with Gasteiger partial charge in [0.05, 0.1) is 17.1 Å². The van der Waals surface area contributed by atoms with E-state index in [2.05, 4.69) is 187 Å². The van der Waals surface area contributed by atoms with Gasteiger partial charge in [-0.3, -0.25) is 0 Å². The van der Waals surface area contributed by atoms with E-state index >= 15 is 0 Å². The summed E-state index contributed by atoms with van der Waals surface area (Å²) < 4.78 is 6.56. The van der Waals surface area contributed by atoms with Crippen molar-refractivity contribution in [3.8, 4) is 22.3 Å². The van der Waals surface area contributed by atoms with Crippen LogP contribution in [0.2, 0.25) is 0 Å². The summed E-state index contributed by atoms with van der Waals surface area (Å²) in [6, 6.07) is 67.5. The number of anilines is 3. The zero-order valence-electron chi connectivity index (χ0n) is 27.3. The summed E-state index contributed by atoms with van der Waals surface area (Å²) in [6.07, 6.45) is 0. The molecule has 2 heteroatoms. The summed E-state index contributed by atoms with van der Waals surface area (Å²) in [7, 11) is 0. The molecule has 50 heavy (non-hydrogen) atoms. The standard InChI is InChI=1S/C48H31NO/c1-3-14-32(15-4-1)34-28-30-45(38-20-9-7-18-36(34)38)49(46-31-29-35(33-16-5-2-6-17-33)37-19-8-10-21-39(37)46)44-24-13-23-42-40(44)26-27-43-41-22-11-12-25-47(41)50-48(42)43/h1-31H. The maximum absolute atomic E-state index is 6.56. The van der Waals surface area contributed by atoms with Crippen molar-refractivity contribution < 1.29 is 4.42 Å². The summed E-state index contributed by atoms with van der Waals surface area (Å²) in [5.41, 5.74) is 10.0. The van der Waals surface area contributed by atoms with Gasteiger partial charge in [0.2, 0.25) is 0 Å². The summed E-state index contributed by atoms with van der Waals surface area (Å²) in [5, 5.41) is 9.29. The molecule has 10 rings (SSSR count). The molecule has 0 spiro atoms. The van der Waals surface area contributed by atoms with Gasteiger partial charge in [-0.1, -0.05) is 158 Å². The Labute approximate surface area is 290 Å². The van der Waals surface area contributed by atoms with Gasteiger partial charge < -0.3 is 9.32 Å². The van der Waals surface area contributed by atoms with Crippen LogP contribution < -0.4 is 4.90 Å². The Morgan fingerprint density at radius 2 is 0.700 bits per heavy atom. The second-order valence-electron chi connectivity index (χ2n) is 12.8. The third-order valence-electron chi connectivity index (χ3n) is 10.1. The van der Waals surface area contributed by atoms with E-state index in [1.54, 1.807) is 0 Å². The van der Waals surface area contributed by atoms with Crippen LogP contribution in [0.4, 0.5) is 17.1 Å². The lowest BCUT2D eigenvalue weighted by atomic mass is 9.94. The molecule has 0 unspecified atom stereocenters. The van der Waals surface area contributed by atoms with E-state index in [4.69, 9.17) is 4.42 Å². The largest absolute Gasteiger partial charge is 0.455 e. The first-order valence-electron chi connectivity index (χ1n) is 17.1. The molecule has 0 aliphatic rings. The fourth-order valence-electron chi connectivity index (χ4n) is 7.80. The number of nitrogens with zero attached hydrogens (tertiary/aromatic N) is 1. The molecule has 0 aliphatic carbocycles. The lowest BCUT2D eigenvalue weighted by Gasteiger charge is -2.30. The molecule has 9 aromatic carbocycles. The van der Waals surface area contributed by atoms with Crippen molar-refractivity contribution in [3.05, 3.63) is 188 Å². The van der Waals surface area contributed by atoms with Gasteiger partial charge in [-0.15, -0.1) is 0 Å². The summed E-state index contributed by atoms with van der Waals surface area (Å²) in [4.78, 5) is 2.46. The fraction of sp³-hybridized carbons (Fsp3) is 0. The maximum atomic E-state index is 6.56. The summed E-state index contributed by atoms with van der Waals surface area (Å²) in [5.74, 6) is 0. The Kier molecular flexibility index (Phi) is 6.53. The number of para-hydroxylation sites is 1. The van der Waals surface area contributed by atoms with Crippen LogP contribution in [-0.4, -0.2) is 0 Å². The van der Waals surface area contributed by atoms with Crippen molar-refractivity contribution in [2.75, 3.05) is 4.90 Å². The molecule has 234 valence electrons. The van der Waals surface area contributed by atoms with Gasteiger partial charge in [-0.2, -0.15) is 0 Å². The van der Waals surface area contributed by atoms with Crippen LogP contribution in [-0.2, 0) is 0 Å². The smallest absolute Gasteiger partial charge is 0.143 e. The van der Waals surface area contributed by atoms with E-state index in [9.17, 15) is 0 Å². The Morgan fingerprint density at radius 3 is 1.30 bits per heavy atom. The molecule has 0 saturated heterocycles. The monoisotopic (exact) mass is 637 g/mol. The molecule has 10 aromatic rings. The Bertz CT molecular complexity index is 2750. The molecule has 2 nitrogen and oxygen atoms in total. The third kappa shape index (κ3) is 4.43. The molecule has 1 heterocycles. The van der Waals surface area contributed by atoms with Crippen molar-refractivity contribution >= 4 is 71.3 Å². The van der Waals surface area contributed by atoms with Gasteiger partial charge in [0.1, 0.15) is 11.2 Å². The third-order valence-corrected chi connectivity index (χ3v) is 10.1. The highest BCUT2D eigenvalue weighted by atomic mass is 16.3. The second kappa shape index (κ2) is 11.5. The molecule has 0 amide bonds. The predicted octanol–water partition coefficient (Wildman–Crippen LogP) is 13.8. The molecule has 0 radical (unpaired) electrons. The average molecular weight is 638 g/mol. The molecular formula is C48H31NO. The second-order valence-corrected chi connectivity index (χ2v) is 12.8. The first kappa shape index (κ1) is 28.4. The molecule has 1 aromatic heterocycles. The van der Waals surface area contributed by atoms with Gasteiger partial charge in [0, 0.05) is 32.3 Å². The first-order valence-corrected chi connectivity index (χ1v) is 17.1.